The number of ether oxygens (including phenoxy) is 1. The summed E-state index contributed by atoms with van der Waals surface area (Å²) in [5.74, 6) is -0.0227. The van der Waals surface area contributed by atoms with Gasteiger partial charge >= 0.3 is 0 Å². The Bertz CT molecular complexity index is 825. The highest BCUT2D eigenvalue weighted by atomic mass is 32.2. The molecular weight excluding hydrogens is 370 g/mol. The Labute approximate surface area is 158 Å². The predicted octanol–water partition coefficient (Wildman–Crippen LogP) is -0.0874. The van der Waals surface area contributed by atoms with Crippen molar-refractivity contribution in [3.63, 3.8) is 0 Å². The highest BCUT2D eigenvalue weighted by Crippen LogP contribution is 2.32. The van der Waals surface area contributed by atoms with Gasteiger partial charge in [0.15, 0.2) is 6.61 Å². The highest BCUT2D eigenvalue weighted by Gasteiger charge is 2.48. The molecule has 2 aliphatic heterocycles. The lowest BCUT2D eigenvalue weighted by Crippen LogP contribution is -2.60. The molecule has 2 heterocycles. The van der Waals surface area contributed by atoms with E-state index in [1.54, 1.807) is 17.0 Å². The molecule has 0 radical (unpaired) electrons. The van der Waals surface area contributed by atoms with Crippen molar-refractivity contribution in [3.05, 3.63) is 30.3 Å². The zero-order chi connectivity index (χ0) is 19.0. The second kappa shape index (κ2) is 7.12. The van der Waals surface area contributed by atoms with Crippen LogP contribution in [0.5, 0.6) is 5.75 Å². The summed E-state index contributed by atoms with van der Waals surface area (Å²) in [6.07, 6.45) is 1.45. The fourth-order valence-electron chi connectivity index (χ4n) is 3.63. The Morgan fingerprint density at radius 3 is 2.56 bits per heavy atom. The van der Waals surface area contributed by atoms with Gasteiger partial charge in [-0.15, -0.1) is 0 Å². The summed E-state index contributed by atoms with van der Waals surface area (Å²) in [5, 5.41) is 0. The predicted molar refractivity (Wildman–Crippen MR) is 97.5 cm³/mol. The van der Waals surface area contributed by atoms with E-state index in [2.05, 4.69) is 0 Å². The molecule has 0 N–H and O–H groups in total. The van der Waals surface area contributed by atoms with Crippen molar-refractivity contribution in [2.24, 2.45) is 0 Å². The summed E-state index contributed by atoms with van der Waals surface area (Å²) in [4.78, 5) is 29.0. The molecule has 0 spiro atoms. The zero-order valence-electron chi connectivity index (χ0n) is 15.0. The number of amides is 2. The third kappa shape index (κ3) is 3.79. The number of hydrogen-bond acceptors (Lipinski definition) is 6. The van der Waals surface area contributed by atoms with Crippen LogP contribution in [0.1, 0.15) is 12.8 Å². The highest BCUT2D eigenvalue weighted by molar-refractivity contribution is 7.89. The minimum absolute atomic E-state index is 0.0448. The maximum atomic E-state index is 13.0. The molecule has 146 valence electrons. The van der Waals surface area contributed by atoms with E-state index in [9.17, 15) is 18.0 Å². The Morgan fingerprint density at radius 1 is 1.11 bits per heavy atom. The summed E-state index contributed by atoms with van der Waals surface area (Å²) >= 11 is 0. The quantitative estimate of drug-likeness (QED) is 0.711. The van der Waals surface area contributed by atoms with Crippen LogP contribution in [0, 0.1) is 0 Å². The van der Waals surface area contributed by atoms with Gasteiger partial charge in [-0.25, -0.2) is 12.7 Å². The van der Waals surface area contributed by atoms with Gasteiger partial charge in [-0.1, -0.05) is 18.2 Å². The molecule has 9 heteroatoms. The number of fused-ring (bicyclic) bond motifs is 1. The number of para-hydroxylation sites is 1. The Morgan fingerprint density at radius 2 is 1.85 bits per heavy atom. The van der Waals surface area contributed by atoms with E-state index < -0.39 is 22.0 Å². The van der Waals surface area contributed by atoms with Crippen LogP contribution < -0.4 is 4.74 Å². The first kappa shape index (κ1) is 18.2. The Kier molecular flexibility index (Phi) is 4.81. The Hall–Kier alpha value is -2.13. The lowest BCUT2D eigenvalue weighted by atomic mass is 10.1. The second-order valence-electron chi connectivity index (χ2n) is 7.17. The van der Waals surface area contributed by atoms with Crippen molar-refractivity contribution in [2.45, 2.75) is 24.9 Å². The molecule has 3 fully saturated rings. The number of carbonyl (C=O) groups excluding carboxylic acids is 2. The molecule has 0 aromatic heterocycles. The number of hydrogen-bond donors (Lipinski definition) is 0. The number of nitrogens with zero attached hydrogens (tertiary/aromatic N) is 3. The molecule has 4 rings (SSSR count). The molecule has 1 aromatic carbocycles. The van der Waals surface area contributed by atoms with Crippen molar-refractivity contribution < 1.29 is 22.7 Å². The van der Waals surface area contributed by atoms with Crippen molar-refractivity contribution >= 4 is 21.8 Å². The van der Waals surface area contributed by atoms with E-state index in [-0.39, 0.29) is 30.9 Å². The first-order valence-corrected chi connectivity index (χ1v) is 10.8. The van der Waals surface area contributed by atoms with E-state index in [0.717, 1.165) is 17.1 Å². The molecule has 2 saturated heterocycles. The largest absolute Gasteiger partial charge is 0.484 e. The fourth-order valence-corrected chi connectivity index (χ4v) is 5.36. The summed E-state index contributed by atoms with van der Waals surface area (Å²) in [6.45, 7) is 1.38. The van der Waals surface area contributed by atoms with Crippen LogP contribution in [0.2, 0.25) is 0 Å². The summed E-state index contributed by atoms with van der Waals surface area (Å²) in [6, 6.07) is 8.28. The minimum atomic E-state index is -3.57. The molecule has 3 aliphatic rings. The third-order valence-corrected chi connectivity index (χ3v) is 7.04. The van der Waals surface area contributed by atoms with Crippen LogP contribution in [0.15, 0.2) is 30.3 Å². The first-order chi connectivity index (χ1) is 13.0. The third-order valence-electron chi connectivity index (χ3n) is 5.27. The van der Waals surface area contributed by atoms with Crippen molar-refractivity contribution in [1.82, 2.24) is 14.1 Å². The van der Waals surface area contributed by atoms with Gasteiger partial charge in [-0.2, -0.15) is 0 Å². The van der Waals surface area contributed by atoms with Crippen LogP contribution in [0.3, 0.4) is 0 Å². The van der Waals surface area contributed by atoms with Crippen LogP contribution in [0.25, 0.3) is 0 Å². The molecule has 27 heavy (non-hydrogen) atoms. The lowest BCUT2D eigenvalue weighted by Gasteiger charge is -2.39. The van der Waals surface area contributed by atoms with Crippen LogP contribution in [0.4, 0.5) is 0 Å². The number of piperazine rings is 1. The first-order valence-electron chi connectivity index (χ1n) is 9.21. The van der Waals surface area contributed by atoms with Gasteiger partial charge < -0.3 is 9.64 Å². The fraction of sp³-hybridized carbons (Fsp3) is 0.556. The van der Waals surface area contributed by atoms with Crippen LogP contribution >= 0.6 is 0 Å². The minimum Gasteiger partial charge on any atom is -0.484 e. The van der Waals surface area contributed by atoms with Crippen LogP contribution in [-0.2, 0) is 19.6 Å². The molecule has 1 atom stereocenters. The van der Waals surface area contributed by atoms with Gasteiger partial charge in [0.25, 0.3) is 11.8 Å². The average molecular weight is 393 g/mol. The van der Waals surface area contributed by atoms with Crippen molar-refractivity contribution in [3.8, 4) is 5.75 Å². The van der Waals surface area contributed by atoms with Gasteiger partial charge in [-0.05, 0) is 25.0 Å². The molecule has 1 unspecified atom stereocenters. The SMILES string of the molecule is O=C(COc1ccccc1)N1CCN2CCS(=O)(=O)N(C3CC3)C(=O)C2C1. The molecule has 1 saturated carbocycles. The van der Waals surface area contributed by atoms with Crippen molar-refractivity contribution in [2.75, 3.05) is 38.5 Å². The summed E-state index contributed by atoms with van der Waals surface area (Å²) < 4.78 is 31.6. The molecule has 2 amide bonds. The lowest BCUT2D eigenvalue weighted by molar-refractivity contribution is -0.141. The smallest absolute Gasteiger partial charge is 0.260 e. The van der Waals surface area contributed by atoms with E-state index in [1.807, 2.05) is 23.1 Å². The number of carbonyl (C=O) groups is 2. The van der Waals surface area contributed by atoms with Gasteiger partial charge in [0.05, 0.1) is 5.75 Å². The van der Waals surface area contributed by atoms with E-state index in [4.69, 9.17) is 4.74 Å². The number of benzene rings is 1. The van der Waals surface area contributed by atoms with Gasteiger partial charge in [0, 0.05) is 32.2 Å². The number of sulfonamides is 1. The van der Waals surface area contributed by atoms with E-state index in [1.165, 1.54) is 0 Å². The van der Waals surface area contributed by atoms with Gasteiger partial charge in [0.1, 0.15) is 11.8 Å². The van der Waals surface area contributed by atoms with Crippen LogP contribution in [-0.4, -0.2) is 85.0 Å². The normalized spacial score (nSPS) is 25.6. The van der Waals surface area contributed by atoms with Crippen molar-refractivity contribution in [1.29, 1.82) is 0 Å². The van der Waals surface area contributed by atoms with Gasteiger partial charge in [0.2, 0.25) is 10.0 Å². The second-order valence-corrected chi connectivity index (χ2v) is 9.14. The average Bonchev–Trinajstić information content (AvgIpc) is 3.50. The molecule has 1 aromatic rings. The molecule has 0 bridgehead atoms. The van der Waals surface area contributed by atoms with E-state index >= 15 is 0 Å². The summed E-state index contributed by atoms with van der Waals surface area (Å²) in [7, 11) is -3.57. The van der Waals surface area contributed by atoms with Gasteiger partial charge in [-0.3, -0.25) is 14.5 Å². The number of rotatable bonds is 4. The maximum Gasteiger partial charge on any atom is 0.260 e. The standard InChI is InChI=1S/C18H23N3O5S/c22-17(13-26-15-4-2-1-3-5-15)20-9-8-19-10-11-27(24,25)21(14-6-7-14)18(23)16(19)12-20/h1-5,14,16H,6-13H2. The monoisotopic (exact) mass is 393 g/mol. The topological polar surface area (TPSA) is 87.2 Å². The van der Waals surface area contributed by atoms with E-state index in [0.29, 0.717) is 25.4 Å². The maximum absolute atomic E-state index is 13.0. The molecule has 8 nitrogen and oxygen atoms in total. The molecular formula is C18H23N3O5S. The zero-order valence-corrected chi connectivity index (χ0v) is 15.8. The molecule has 1 aliphatic carbocycles. The summed E-state index contributed by atoms with van der Waals surface area (Å²) in [5.41, 5.74) is 0. The Balaban J connectivity index is 1.44.